The monoisotopic (exact) mass is 385 g/mol. The third kappa shape index (κ3) is 2.84. The highest BCUT2D eigenvalue weighted by molar-refractivity contribution is 6.30. The minimum atomic E-state index is -0.225. The van der Waals surface area contributed by atoms with Crippen molar-refractivity contribution in [3.8, 4) is 0 Å². The number of hydrogen-bond donors (Lipinski definition) is 0. The number of benzene rings is 1. The zero-order chi connectivity index (χ0) is 18.5. The van der Waals surface area contributed by atoms with Crippen LogP contribution in [0.15, 0.2) is 42.7 Å². The molecule has 0 radical (unpaired) electrons. The first-order valence-electron chi connectivity index (χ1n) is 9.53. The quantitative estimate of drug-likeness (QED) is 0.792. The van der Waals surface area contributed by atoms with Gasteiger partial charge in [0.05, 0.1) is 16.6 Å². The molecule has 1 aromatic carbocycles. The number of aromatic nitrogens is 1. The molecule has 1 aromatic heterocycles. The van der Waals surface area contributed by atoms with Crippen molar-refractivity contribution in [3.05, 3.63) is 64.7 Å². The fourth-order valence-corrected chi connectivity index (χ4v) is 5.53. The summed E-state index contributed by atoms with van der Waals surface area (Å²) in [6, 6.07) is 8.98. The predicted octanol–water partition coefficient (Wildman–Crippen LogP) is 3.58. The molecule has 0 saturated carbocycles. The predicted molar refractivity (Wildman–Crippen MR) is 101 cm³/mol. The van der Waals surface area contributed by atoms with Gasteiger partial charge in [-0.1, -0.05) is 23.7 Å². The molecule has 4 aliphatic heterocycles. The molecule has 4 fully saturated rings. The van der Waals surface area contributed by atoms with E-state index >= 15 is 0 Å². The van der Waals surface area contributed by atoms with Gasteiger partial charge in [-0.25, -0.2) is 4.39 Å². The Morgan fingerprint density at radius 3 is 2.56 bits per heavy atom. The minimum absolute atomic E-state index is 0.00152. The van der Waals surface area contributed by atoms with E-state index in [9.17, 15) is 9.18 Å². The Morgan fingerprint density at radius 1 is 1.11 bits per heavy atom. The van der Waals surface area contributed by atoms with Crippen LogP contribution in [0.4, 0.5) is 4.39 Å². The number of carbonyl (C=O) groups is 1. The highest BCUT2D eigenvalue weighted by Gasteiger charge is 2.54. The molecule has 1 amide bonds. The summed E-state index contributed by atoms with van der Waals surface area (Å²) in [6.07, 6.45) is 5.40. The Balaban J connectivity index is 1.52. The van der Waals surface area contributed by atoms with Crippen molar-refractivity contribution in [1.82, 2.24) is 14.8 Å². The van der Waals surface area contributed by atoms with E-state index in [1.165, 1.54) is 12.1 Å². The van der Waals surface area contributed by atoms with E-state index in [1.54, 1.807) is 18.5 Å². The summed E-state index contributed by atoms with van der Waals surface area (Å²) in [7, 11) is 0. The molecule has 27 heavy (non-hydrogen) atoms. The van der Waals surface area contributed by atoms with Crippen LogP contribution in [-0.4, -0.2) is 52.4 Å². The summed E-state index contributed by atoms with van der Waals surface area (Å²) >= 11 is 6.06. The summed E-state index contributed by atoms with van der Waals surface area (Å²) < 4.78 is 13.4. The molecule has 6 rings (SSSR count). The van der Waals surface area contributed by atoms with Crippen LogP contribution in [0.5, 0.6) is 0 Å². The van der Waals surface area contributed by atoms with Crippen LogP contribution in [0, 0.1) is 11.7 Å². The van der Waals surface area contributed by atoms with Crippen molar-refractivity contribution in [3.63, 3.8) is 0 Å². The fraction of sp³-hybridized carbons (Fsp3) is 0.429. The Labute approximate surface area is 162 Å². The molecule has 3 atom stereocenters. The highest BCUT2D eigenvalue weighted by Crippen LogP contribution is 2.47. The maximum atomic E-state index is 13.4. The molecule has 0 aliphatic carbocycles. The smallest absolute Gasteiger partial charge is 0.255 e. The van der Waals surface area contributed by atoms with Gasteiger partial charge in [-0.05, 0) is 55.6 Å². The SMILES string of the molecule is O=C(c1cncc(Cl)c1)N1C[C@H](c2ccc(F)cc2)[C@H]2[C@@H]1C1CCN2CC1. The average molecular weight is 386 g/mol. The topological polar surface area (TPSA) is 36.4 Å². The van der Waals surface area contributed by atoms with E-state index in [0.29, 0.717) is 29.1 Å². The number of likely N-dealkylation sites (tertiary alicyclic amines) is 1. The summed E-state index contributed by atoms with van der Waals surface area (Å²) in [5, 5.41) is 0.473. The number of halogens is 2. The lowest BCUT2D eigenvalue weighted by molar-refractivity contribution is -0.00342. The van der Waals surface area contributed by atoms with E-state index in [4.69, 9.17) is 11.6 Å². The zero-order valence-electron chi connectivity index (χ0n) is 14.9. The number of piperidine rings is 3. The van der Waals surface area contributed by atoms with Gasteiger partial charge < -0.3 is 4.90 Å². The molecule has 0 N–H and O–H groups in total. The number of amides is 1. The van der Waals surface area contributed by atoms with Gasteiger partial charge in [0.25, 0.3) is 5.91 Å². The van der Waals surface area contributed by atoms with Crippen molar-refractivity contribution in [2.75, 3.05) is 19.6 Å². The summed E-state index contributed by atoms with van der Waals surface area (Å²) in [5.41, 5.74) is 1.65. The lowest BCUT2D eigenvalue weighted by Crippen LogP contribution is -2.60. The van der Waals surface area contributed by atoms with Gasteiger partial charge in [-0.3, -0.25) is 14.7 Å². The Hall–Kier alpha value is -1.98. The van der Waals surface area contributed by atoms with Crippen molar-refractivity contribution < 1.29 is 9.18 Å². The van der Waals surface area contributed by atoms with Crippen LogP contribution in [0.25, 0.3) is 0 Å². The van der Waals surface area contributed by atoms with Crippen molar-refractivity contribution >= 4 is 17.5 Å². The molecule has 2 aromatic rings. The Bertz CT molecular complexity index is 866. The van der Waals surface area contributed by atoms with Gasteiger partial charge >= 0.3 is 0 Å². The molecule has 4 saturated heterocycles. The fourth-order valence-electron chi connectivity index (χ4n) is 5.35. The first-order valence-corrected chi connectivity index (χ1v) is 9.90. The maximum Gasteiger partial charge on any atom is 0.255 e. The summed E-state index contributed by atoms with van der Waals surface area (Å²) in [5.74, 6) is 0.506. The van der Waals surface area contributed by atoms with Gasteiger partial charge in [-0.15, -0.1) is 0 Å². The van der Waals surface area contributed by atoms with Crippen LogP contribution in [-0.2, 0) is 0 Å². The van der Waals surface area contributed by atoms with Crippen LogP contribution >= 0.6 is 11.6 Å². The van der Waals surface area contributed by atoms with E-state index in [2.05, 4.69) is 9.88 Å². The summed E-state index contributed by atoms with van der Waals surface area (Å²) in [6.45, 7) is 2.83. The zero-order valence-corrected chi connectivity index (χ0v) is 15.6. The van der Waals surface area contributed by atoms with Crippen LogP contribution in [0.2, 0.25) is 5.02 Å². The van der Waals surface area contributed by atoms with E-state index in [-0.39, 0.29) is 23.7 Å². The molecule has 0 unspecified atom stereocenters. The Morgan fingerprint density at radius 2 is 1.85 bits per heavy atom. The van der Waals surface area contributed by atoms with Crippen molar-refractivity contribution in [2.24, 2.45) is 5.92 Å². The molecule has 140 valence electrons. The number of fused-ring (bicyclic) bond motifs is 2. The first kappa shape index (κ1) is 17.1. The maximum absolute atomic E-state index is 13.4. The van der Waals surface area contributed by atoms with Crippen LogP contribution < -0.4 is 0 Å². The lowest BCUT2D eigenvalue weighted by atomic mass is 9.75. The molecule has 0 spiro atoms. The molecule has 2 bridgehead atoms. The number of nitrogens with zero attached hydrogens (tertiary/aromatic N) is 3. The molecule has 5 heterocycles. The molecule has 4 nitrogen and oxygen atoms in total. The third-order valence-corrected chi connectivity index (χ3v) is 6.71. The first-order chi connectivity index (χ1) is 13.1. The normalized spacial score (nSPS) is 31.8. The average Bonchev–Trinajstić information content (AvgIpc) is 3.12. The lowest BCUT2D eigenvalue weighted by Gasteiger charge is -2.51. The minimum Gasteiger partial charge on any atom is -0.333 e. The number of carbonyl (C=O) groups excluding carboxylic acids is 1. The molecular weight excluding hydrogens is 365 g/mol. The second-order valence-corrected chi connectivity index (χ2v) is 8.30. The number of pyridine rings is 1. The van der Waals surface area contributed by atoms with E-state index in [0.717, 1.165) is 31.5 Å². The van der Waals surface area contributed by atoms with Crippen LogP contribution in [0.1, 0.15) is 34.7 Å². The van der Waals surface area contributed by atoms with Gasteiger partial charge in [0.15, 0.2) is 0 Å². The second kappa shape index (κ2) is 6.57. The van der Waals surface area contributed by atoms with Crippen LogP contribution in [0.3, 0.4) is 0 Å². The van der Waals surface area contributed by atoms with Gasteiger partial charge in [0.2, 0.25) is 0 Å². The van der Waals surface area contributed by atoms with Gasteiger partial charge in [-0.2, -0.15) is 0 Å². The van der Waals surface area contributed by atoms with Gasteiger partial charge in [0, 0.05) is 30.9 Å². The number of hydrogen-bond acceptors (Lipinski definition) is 3. The summed E-state index contributed by atoms with van der Waals surface area (Å²) in [4.78, 5) is 22.0. The largest absolute Gasteiger partial charge is 0.333 e. The molecule has 4 aliphatic rings. The Kier molecular flexibility index (Phi) is 4.17. The third-order valence-electron chi connectivity index (χ3n) is 6.51. The molecular formula is C21H21ClFN3O. The number of rotatable bonds is 2. The standard InChI is InChI=1S/C21H21ClFN3O/c22-16-9-15(10-24-11-16)21(27)26-12-18(13-1-3-17(23)4-2-13)20-19(26)14-5-7-25(20)8-6-14/h1-4,9-11,14,18-20H,5-8,12H2/t18-,19+,20+/m1/s1. The van der Waals surface area contributed by atoms with Crippen molar-refractivity contribution in [2.45, 2.75) is 30.8 Å². The second-order valence-electron chi connectivity index (χ2n) is 7.86. The van der Waals surface area contributed by atoms with Crippen molar-refractivity contribution in [1.29, 1.82) is 0 Å². The molecule has 6 heteroatoms. The van der Waals surface area contributed by atoms with E-state index in [1.807, 2.05) is 17.0 Å². The van der Waals surface area contributed by atoms with Gasteiger partial charge in [0.1, 0.15) is 5.82 Å². The van der Waals surface area contributed by atoms with E-state index < -0.39 is 0 Å². The highest BCUT2D eigenvalue weighted by atomic mass is 35.5.